The molecule has 0 fully saturated rings. The zero-order chi connectivity index (χ0) is 14.4. The Balaban J connectivity index is 2.07. The number of benzene rings is 2. The van der Waals surface area contributed by atoms with Gasteiger partial charge in [-0.15, -0.1) is 0 Å². The van der Waals surface area contributed by atoms with Gasteiger partial charge >= 0.3 is 0 Å². The van der Waals surface area contributed by atoms with E-state index in [1.807, 2.05) is 13.1 Å². The first-order valence-corrected chi connectivity index (χ1v) is 7.63. The zero-order valence-electron chi connectivity index (χ0n) is 11.6. The highest BCUT2D eigenvalue weighted by atomic mass is 79.9. The fourth-order valence-electron chi connectivity index (χ4n) is 2.42. The Morgan fingerprint density at radius 3 is 2.60 bits per heavy atom. The lowest BCUT2D eigenvalue weighted by Gasteiger charge is -2.17. The van der Waals surface area contributed by atoms with Crippen LogP contribution in [0.5, 0.6) is 0 Å². The minimum absolute atomic E-state index is 0.173. The van der Waals surface area contributed by atoms with Crippen molar-refractivity contribution in [1.82, 2.24) is 5.32 Å². The van der Waals surface area contributed by atoms with Gasteiger partial charge in [-0.1, -0.05) is 46.3 Å². The summed E-state index contributed by atoms with van der Waals surface area (Å²) in [6.45, 7) is 0.928. The number of hydrogen-bond acceptors (Lipinski definition) is 1. The Labute approximate surface area is 128 Å². The van der Waals surface area contributed by atoms with E-state index in [1.54, 1.807) is 12.1 Å². The van der Waals surface area contributed by atoms with Crippen molar-refractivity contribution in [3.05, 3.63) is 69.9 Å². The van der Waals surface area contributed by atoms with Gasteiger partial charge in [0.25, 0.3) is 0 Å². The molecule has 2 aromatic carbocycles. The third kappa shape index (κ3) is 4.15. The van der Waals surface area contributed by atoms with E-state index in [0.717, 1.165) is 29.4 Å². The Morgan fingerprint density at radius 2 is 1.90 bits per heavy atom. The largest absolute Gasteiger partial charge is 0.319 e. The second-order valence-corrected chi connectivity index (χ2v) is 5.79. The summed E-state index contributed by atoms with van der Waals surface area (Å²) in [5, 5.41) is 3.24. The monoisotopic (exact) mass is 335 g/mol. The lowest BCUT2D eigenvalue weighted by molar-refractivity contribution is 0.579. The first-order valence-electron chi connectivity index (χ1n) is 6.84. The fraction of sp³-hybridized carbons (Fsp3) is 0.294. The lowest BCUT2D eigenvalue weighted by atomic mass is 9.92. The van der Waals surface area contributed by atoms with Gasteiger partial charge < -0.3 is 5.32 Å². The highest BCUT2D eigenvalue weighted by molar-refractivity contribution is 9.10. The van der Waals surface area contributed by atoms with E-state index in [9.17, 15) is 4.39 Å². The molecule has 0 aliphatic heterocycles. The predicted molar refractivity (Wildman–Crippen MR) is 85.5 cm³/mol. The molecular formula is C17H19BrFN. The summed E-state index contributed by atoms with van der Waals surface area (Å²) in [7, 11) is 1.97. The fourth-order valence-corrected chi connectivity index (χ4v) is 2.87. The molecule has 0 bridgehead atoms. The van der Waals surface area contributed by atoms with Gasteiger partial charge in [-0.3, -0.25) is 0 Å². The average molecular weight is 336 g/mol. The van der Waals surface area contributed by atoms with Gasteiger partial charge in [0.15, 0.2) is 0 Å². The second kappa shape index (κ2) is 7.55. The van der Waals surface area contributed by atoms with E-state index in [2.05, 4.69) is 45.5 Å². The van der Waals surface area contributed by atoms with Crippen molar-refractivity contribution in [3.8, 4) is 0 Å². The normalized spacial score (nSPS) is 12.3. The molecule has 2 aromatic rings. The van der Waals surface area contributed by atoms with E-state index in [4.69, 9.17) is 0 Å². The number of likely N-dealkylation sites (N-methyl/N-ethyl adjacent to an activating group) is 1. The van der Waals surface area contributed by atoms with Crippen LogP contribution in [0.1, 0.15) is 23.5 Å². The molecule has 1 N–H and O–H groups in total. The smallest absolute Gasteiger partial charge is 0.123 e. The van der Waals surface area contributed by atoms with Crippen LogP contribution in [0.25, 0.3) is 0 Å². The van der Waals surface area contributed by atoms with Crippen LogP contribution in [0.15, 0.2) is 53.0 Å². The lowest BCUT2D eigenvalue weighted by Crippen LogP contribution is -2.18. The highest BCUT2D eigenvalue weighted by Crippen LogP contribution is 2.25. The first kappa shape index (κ1) is 15.2. The van der Waals surface area contributed by atoms with E-state index in [1.165, 1.54) is 11.6 Å². The molecule has 0 heterocycles. The quantitative estimate of drug-likeness (QED) is 0.818. The van der Waals surface area contributed by atoms with Gasteiger partial charge in [-0.25, -0.2) is 4.39 Å². The average Bonchev–Trinajstić information content (AvgIpc) is 2.47. The maximum Gasteiger partial charge on any atom is 0.123 e. The highest BCUT2D eigenvalue weighted by Gasteiger charge is 2.12. The Kier molecular flexibility index (Phi) is 5.74. The van der Waals surface area contributed by atoms with Crippen molar-refractivity contribution < 1.29 is 4.39 Å². The molecule has 1 nitrogen and oxygen atoms in total. The number of nitrogens with one attached hydrogen (secondary N) is 1. The third-order valence-corrected chi connectivity index (χ3v) is 4.27. The van der Waals surface area contributed by atoms with Crippen molar-refractivity contribution >= 4 is 15.9 Å². The van der Waals surface area contributed by atoms with Gasteiger partial charge in [0, 0.05) is 11.0 Å². The van der Waals surface area contributed by atoms with Crippen molar-refractivity contribution in [2.75, 3.05) is 13.6 Å². The van der Waals surface area contributed by atoms with Crippen molar-refractivity contribution in [2.24, 2.45) is 0 Å². The predicted octanol–water partition coefficient (Wildman–Crippen LogP) is 4.52. The van der Waals surface area contributed by atoms with Gasteiger partial charge in [0.1, 0.15) is 5.82 Å². The van der Waals surface area contributed by atoms with Crippen LogP contribution in [0.3, 0.4) is 0 Å². The summed E-state index contributed by atoms with van der Waals surface area (Å²) in [4.78, 5) is 0. The molecule has 0 aliphatic carbocycles. The number of hydrogen-bond donors (Lipinski definition) is 1. The molecule has 20 heavy (non-hydrogen) atoms. The minimum Gasteiger partial charge on any atom is -0.319 e. The zero-order valence-corrected chi connectivity index (χ0v) is 13.2. The maximum absolute atomic E-state index is 13.3. The van der Waals surface area contributed by atoms with Crippen LogP contribution >= 0.6 is 15.9 Å². The summed E-state index contributed by atoms with van der Waals surface area (Å²) in [6.07, 6.45) is 1.85. The molecule has 106 valence electrons. The van der Waals surface area contributed by atoms with Crippen LogP contribution in [0, 0.1) is 5.82 Å². The molecule has 0 spiro atoms. The molecule has 2 rings (SSSR count). The molecule has 1 unspecified atom stereocenters. The summed E-state index contributed by atoms with van der Waals surface area (Å²) in [5.74, 6) is 0.268. The Bertz CT molecular complexity index is 542. The van der Waals surface area contributed by atoms with Gasteiger partial charge in [-0.2, -0.15) is 0 Å². The molecule has 0 radical (unpaired) electrons. The van der Waals surface area contributed by atoms with Crippen LogP contribution in [-0.4, -0.2) is 13.6 Å². The van der Waals surface area contributed by atoms with Crippen molar-refractivity contribution in [1.29, 1.82) is 0 Å². The molecule has 0 aliphatic rings. The molecule has 1 atom stereocenters. The van der Waals surface area contributed by atoms with E-state index < -0.39 is 0 Å². The van der Waals surface area contributed by atoms with E-state index in [0.29, 0.717) is 5.92 Å². The second-order valence-electron chi connectivity index (χ2n) is 4.94. The maximum atomic E-state index is 13.3. The Hall–Kier alpha value is -1.19. The topological polar surface area (TPSA) is 12.0 Å². The van der Waals surface area contributed by atoms with E-state index in [-0.39, 0.29) is 5.82 Å². The summed E-state index contributed by atoms with van der Waals surface area (Å²) >= 11 is 3.49. The molecular weight excluding hydrogens is 317 g/mol. The molecule has 0 saturated heterocycles. The number of rotatable bonds is 6. The van der Waals surface area contributed by atoms with Gasteiger partial charge in [0.2, 0.25) is 0 Å². The van der Waals surface area contributed by atoms with E-state index >= 15 is 0 Å². The van der Waals surface area contributed by atoms with Gasteiger partial charge in [-0.05, 0) is 55.1 Å². The molecule has 0 aromatic heterocycles. The third-order valence-electron chi connectivity index (χ3n) is 3.49. The molecule has 0 amide bonds. The van der Waals surface area contributed by atoms with Crippen LogP contribution in [0.4, 0.5) is 4.39 Å². The summed E-state index contributed by atoms with van der Waals surface area (Å²) in [5.41, 5.74) is 2.36. The van der Waals surface area contributed by atoms with Crippen LogP contribution in [-0.2, 0) is 6.42 Å². The number of halogens is 2. The summed E-state index contributed by atoms with van der Waals surface area (Å²) < 4.78 is 14.3. The number of aryl methyl sites for hydroxylation is 1. The molecule has 0 saturated carbocycles. The van der Waals surface area contributed by atoms with Crippen LogP contribution < -0.4 is 5.32 Å². The van der Waals surface area contributed by atoms with Crippen molar-refractivity contribution in [3.63, 3.8) is 0 Å². The minimum atomic E-state index is -0.173. The van der Waals surface area contributed by atoms with Gasteiger partial charge in [0.05, 0.1) is 0 Å². The van der Waals surface area contributed by atoms with Crippen LogP contribution in [0.2, 0.25) is 0 Å². The molecule has 3 heteroatoms. The SMILES string of the molecule is CNCC(CCc1cc(F)ccc1Br)c1ccccc1. The van der Waals surface area contributed by atoms with Crippen molar-refractivity contribution in [2.45, 2.75) is 18.8 Å². The standard InChI is InChI=1S/C17H19BrFN/c1-20-12-15(13-5-3-2-4-6-13)8-7-14-11-16(19)9-10-17(14)18/h2-6,9-11,15,20H,7-8,12H2,1H3. The summed E-state index contributed by atoms with van der Waals surface area (Å²) in [6, 6.07) is 15.3. The Morgan fingerprint density at radius 1 is 1.15 bits per heavy atom. The first-order chi connectivity index (χ1) is 9.70.